The summed E-state index contributed by atoms with van der Waals surface area (Å²) in [6.45, 7) is 4.57. The van der Waals surface area contributed by atoms with Crippen molar-refractivity contribution < 1.29 is 80.2 Å². The Hall–Kier alpha value is -4.80. The number of unbranched alkanes of at least 4 members (excludes halogenated alkanes) is 27. The highest BCUT2D eigenvalue weighted by Gasteiger charge is 2.30. The highest BCUT2D eigenvalue weighted by molar-refractivity contribution is 7.47. The number of hydrogen-bond acceptors (Lipinski definition) is 15. The minimum Gasteiger partial charge on any atom is -0.462 e. The fourth-order valence-electron chi connectivity index (χ4n) is 10.4. The Morgan fingerprint density at radius 3 is 0.875 bits per heavy atom. The van der Waals surface area contributed by atoms with E-state index in [1.807, 2.05) is 12.2 Å². The number of allylic oxidation sites excluding steroid dienone is 22. The molecule has 0 heterocycles. The van der Waals surface area contributed by atoms with Gasteiger partial charge >= 0.3 is 39.5 Å². The molecule has 17 nitrogen and oxygen atoms in total. The van der Waals surface area contributed by atoms with Crippen molar-refractivity contribution in [1.82, 2.24) is 0 Å². The highest BCUT2D eigenvalue weighted by Crippen LogP contribution is 2.45. The smallest absolute Gasteiger partial charge is 0.462 e. The van der Waals surface area contributed by atoms with Crippen LogP contribution in [0.2, 0.25) is 0 Å². The lowest BCUT2D eigenvalue weighted by Crippen LogP contribution is -2.30. The first-order valence-electron chi connectivity index (χ1n) is 40.4. The lowest BCUT2D eigenvalue weighted by atomic mass is 10.1. The highest BCUT2D eigenvalue weighted by atomic mass is 31.2. The van der Waals surface area contributed by atoms with Crippen LogP contribution in [0.4, 0.5) is 0 Å². The van der Waals surface area contributed by atoms with Crippen LogP contribution in [0, 0.1) is 0 Å². The molecule has 104 heavy (non-hydrogen) atoms. The molecule has 0 bridgehead atoms. The molecule has 3 N–H and O–H groups in total. The first kappa shape index (κ1) is 99.2. The second-order valence-corrected chi connectivity index (χ2v) is 29.5. The minimum absolute atomic E-state index is 0.0101. The Morgan fingerprint density at radius 2 is 0.529 bits per heavy atom. The molecule has 0 aromatic rings. The van der Waals surface area contributed by atoms with E-state index in [-0.39, 0.29) is 25.7 Å². The number of aliphatic hydroxyl groups is 1. The van der Waals surface area contributed by atoms with Gasteiger partial charge in [0.2, 0.25) is 0 Å². The number of rotatable bonds is 75. The van der Waals surface area contributed by atoms with Gasteiger partial charge in [-0.25, -0.2) is 9.13 Å². The molecule has 0 aliphatic rings. The molecule has 0 radical (unpaired) electrons. The Balaban J connectivity index is 5.43. The van der Waals surface area contributed by atoms with E-state index < -0.39 is 97.5 Å². The average Bonchev–Trinajstić information content (AvgIpc) is 0.917. The van der Waals surface area contributed by atoms with Crippen LogP contribution in [0.5, 0.6) is 0 Å². The zero-order valence-corrected chi connectivity index (χ0v) is 66.9. The molecule has 0 aliphatic heterocycles. The zero-order valence-electron chi connectivity index (χ0n) is 65.2. The van der Waals surface area contributed by atoms with Crippen LogP contribution in [-0.2, 0) is 65.4 Å². The Labute approximate surface area is 631 Å². The quantitative estimate of drug-likeness (QED) is 0.0169. The lowest BCUT2D eigenvalue weighted by molar-refractivity contribution is -0.161. The first-order chi connectivity index (χ1) is 50.7. The summed E-state index contributed by atoms with van der Waals surface area (Å²) in [5.74, 6) is -2.28. The van der Waals surface area contributed by atoms with E-state index in [9.17, 15) is 43.2 Å². The van der Waals surface area contributed by atoms with E-state index in [0.29, 0.717) is 32.1 Å². The van der Waals surface area contributed by atoms with Crippen LogP contribution >= 0.6 is 15.6 Å². The van der Waals surface area contributed by atoms with Crippen molar-refractivity contribution in [1.29, 1.82) is 0 Å². The number of ether oxygens (including phenoxy) is 4. The molecule has 0 saturated carbocycles. The van der Waals surface area contributed by atoms with Crippen molar-refractivity contribution in [2.24, 2.45) is 0 Å². The van der Waals surface area contributed by atoms with Crippen LogP contribution in [0.1, 0.15) is 323 Å². The van der Waals surface area contributed by atoms with Gasteiger partial charge in [0.1, 0.15) is 19.3 Å². The molecule has 0 fully saturated rings. The predicted molar refractivity (Wildman–Crippen MR) is 427 cm³/mol. The zero-order chi connectivity index (χ0) is 76.0. The minimum atomic E-state index is -5.00. The summed E-state index contributed by atoms with van der Waals surface area (Å²) < 4.78 is 68.5. The van der Waals surface area contributed by atoms with E-state index in [0.717, 1.165) is 180 Å². The number of carbonyl (C=O) groups excluding carboxylic acids is 4. The molecule has 5 atom stereocenters. The summed E-state index contributed by atoms with van der Waals surface area (Å²) in [5, 5.41) is 10.6. The number of aliphatic hydroxyl groups excluding tert-OH is 1. The van der Waals surface area contributed by atoms with E-state index in [1.165, 1.54) is 57.8 Å². The number of phosphoric ester groups is 2. The van der Waals surface area contributed by atoms with Gasteiger partial charge < -0.3 is 33.8 Å². The normalized spacial score (nSPS) is 14.6. The maximum atomic E-state index is 13.1. The van der Waals surface area contributed by atoms with Gasteiger partial charge in [-0.2, -0.15) is 0 Å². The average molecular weight is 1500 g/mol. The molecule has 0 amide bonds. The maximum Gasteiger partial charge on any atom is 0.472 e. The van der Waals surface area contributed by atoms with Gasteiger partial charge in [-0.1, -0.05) is 277 Å². The summed E-state index contributed by atoms with van der Waals surface area (Å²) in [7, 11) is -9.99. The lowest BCUT2D eigenvalue weighted by Gasteiger charge is -2.21. The molecule has 596 valence electrons. The summed E-state index contributed by atoms with van der Waals surface area (Å²) in [6.07, 6.45) is 85.8. The van der Waals surface area contributed by atoms with Crippen LogP contribution in [0.25, 0.3) is 0 Å². The Bertz CT molecular complexity index is 2490. The van der Waals surface area contributed by atoms with E-state index in [2.05, 4.69) is 149 Å². The van der Waals surface area contributed by atoms with E-state index in [1.54, 1.807) is 0 Å². The van der Waals surface area contributed by atoms with Gasteiger partial charge in [0.25, 0.3) is 0 Å². The van der Waals surface area contributed by atoms with Crippen molar-refractivity contribution in [3.8, 4) is 0 Å². The van der Waals surface area contributed by atoms with Crippen molar-refractivity contribution in [3.05, 3.63) is 134 Å². The standard InChI is InChI=1S/C85H144O17P2/c1-5-9-13-17-21-25-29-33-36-38-39-41-43-47-50-54-58-62-66-70-83(88)96-76-81(102-85(90)72-68-64-60-56-52-48-44-40-37-34-30-26-22-18-14-10-6-2)78-100-104(93,94)98-74-79(86)73-97-103(91,92)99-77-80(101-84(89)71-67-63-59-55-51-45-32-28-24-20-16-12-8-4)75-95-82(87)69-65-61-57-53-49-46-42-35-31-27-23-19-15-11-7-3/h10,14,16,20-22,25-26,28,32-37,39,41-42,44,48,56,60,79-81,86H,5-9,11-13,15,17-19,23-24,27,29-31,38,40,43,45-47,49-55,57-59,61-78H2,1-4H3,(H,91,92)(H,93,94)/b14-10-,20-16-,25-21-,26-22-,32-28-,36-33-,37-34-,41-39-,42-35-,48-44-,60-56-. The first-order valence-corrected chi connectivity index (χ1v) is 43.4. The molecule has 5 unspecified atom stereocenters. The third kappa shape index (κ3) is 75.4. The van der Waals surface area contributed by atoms with Crippen LogP contribution in [-0.4, -0.2) is 96.7 Å². The van der Waals surface area contributed by atoms with E-state index >= 15 is 0 Å². The molecular weight excluding hydrogens is 1350 g/mol. The third-order valence-corrected chi connectivity index (χ3v) is 18.5. The van der Waals surface area contributed by atoms with Gasteiger partial charge in [0.15, 0.2) is 12.2 Å². The van der Waals surface area contributed by atoms with Crippen molar-refractivity contribution in [2.45, 2.75) is 341 Å². The molecule has 0 aromatic heterocycles. The Kier molecular flexibility index (Phi) is 72.9. The van der Waals surface area contributed by atoms with Crippen LogP contribution in [0.3, 0.4) is 0 Å². The summed E-state index contributed by atoms with van der Waals surface area (Å²) >= 11 is 0. The number of esters is 4. The predicted octanol–water partition coefficient (Wildman–Crippen LogP) is 23.7. The van der Waals surface area contributed by atoms with Gasteiger partial charge in [-0.15, -0.1) is 0 Å². The SMILES string of the molecule is CC/C=C\C/C=C\C/C=C\C/C=C\C/C=C\CCCC(=O)OC(COC(=O)CCCCCCCC/C=C\C/C=C\C/C=C\CCCCC)COP(=O)(O)OCC(O)COP(=O)(O)OCC(COC(=O)CCCCCCC/C=C\CCCCCCCC)OC(=O)CCCCCCC/C=C\C/C=C\CCC. The third-order valence-electron chi connectivity index (χ3n) is 16.5. The summed E-state index contributed by atoms with van der Waals surface area (Å²) in [5.41, 5.74) is 0. The topological polar surface area (TPSA) is 237 Å². The van der Waals surface area contributed by atoms with Gasteiger partial charge in [0.05, 0.1) is 26.4 Å². The van der Waals surface area contributed by atoms with Gasteiger partial charge in [0, 0.05) is 25.7 Å². The van der Waals surface area contributed by atoms with Crippen molar-refractivity contribution >= 4 is 39.5 Å². The fourth-order valence-corrected chi connectivity index (χ4v) is 12.0. The molecule has 0 aliphatic carbocycles. The maximum absolute atomic E-state index is 13.1. The molecule has 0 rings (SSSR count). The van der Waals surface area contributed by atoms with Crippen LogP contribution in [0.15, 0.2) is 134 Å². The summed E-state index contributed by atoms with van der Waals surface area (Å²) in [4.78, 5) is 73.0. The Morgan fingerprint density at radius 1 is 0.279 bits per heavy atom. The molecule has 19 heteroatoms. The molecular formula is C85H144O17P2. The van der Waals surface area contributed by atoms with Crippen LogP contribution < -0.4 is 0 Å². The largest absolute Gasteiger partial charge is 0.472 e. The van der Waals surface area contributed by atoms with E-state index in [4.69, 9.17) is 37.0 Å². The van der Waals surface area contributed by atoms with Crippen molar-refractivity contribution in [3.63, 3.8) is 0 Å². The monoisotopic (exact) mass is 1500 g/mol. The number of phosphoric acid groups is 2. The number of carbonyl (C=O) groups is 4. The molecule has 0 aromatic carbocycles. The fraction of sp³-hybridized carbons (Fsp3) is 0.694. The van der Waals surface area contributed by atoms with Crippen molar-refractivity contribution in [2.75, 3.05) is 39.6 Å². The number of hydrogen-bond donors (Lipinski definition) is 3. The van der Waals surface area contributed by atoms with Gasteiger partial charge in [-0.3, -0.25) is 37.3 Å². The second kappa shape index (κ2) is 76.4. The molecule has 0 saturated heterocycles. The summed E-state index contributed by atoms with van der Waals surface area (Å²) in [6, 6.07) is 0. The van der Waals surface area contributed by atoms with Gasteiger partial charge in [-0.05, 0) is 154 Å². The molecule has 0 spiro atoms. The second-order valence-electron chi connectivity index (χ2n) is 26.6.